The third-order valence-electron chi connectivity index (χ3n) is 3.55. The lowest BCUT2D eigenvalue weighted by atomic mass is 10.1. The summed E-state index contributed by atoms with van der Waals surface area (Å²) in [4.78, 5) is 24.5. The molecular weight excluding hydrogens is 346 g/mol. The van der Waals surface area contributed by atoms with E-state index >= 15 is 0 Å². The first-order chi connectivity index (χ1) is 11.6. The largest absolute Gasteiger partial charge is 0.464 e. The number of halogens is 1. The van der Waals surface area contributed by atoms with Crippen molar-refractivity contribution in [1.82, 2.24) is 5.32 Å². The van der Waals surface area contributed by atoms with Gasteiger partial charge in [0.1, 0.15) is 6.04 Å². The second kappa shape index (κ2) is 12.2. The number of carbonyl (C=O) groups is 2. The fourth-order valence-corrected chi connectivity index (χ4v) is 2.73. The lowest BCUT2D eigenvalue weighted by Gasteiger charge is -2.17. The molecule has 0 aliphatic rings. The first-order valence-electron chi connectivity index (χ1n) is 8.30. The number of nitrogens with one attached hydrogen (secondary N) is 1. The molecule has 0 aliphatic heterocycles. The van der Waals surface area contributed by atoms with Crippen LogP contribution in [0.2, 0.25) is 5.02 Å². The smallest absolute Gasteiger partial charge is 0.328 e. The fraction of sp³-hybridized carbons (Fsp3) is 0.556. The van der Waals surface area contributed by atoms with E-state index in [0.717, 1.165) is 31.4 Å². The van der Waals surface area contributed by atoms with Crippen molar-refractivity contribution in [2.75, 3.05) is 18.6 Å². The van der Waals surface area contributed by atoms with Crippen LogP contribution in [0, 0.1) is 0 Å². The summed E-state index contributed by atoms with van der Waals surface area (Å²) in [6.07, 6.45) is 6.71. The van der Waals surface area contributed by atoms with E-state index in [-0.39, 0.29) is 11.9 Å². The fourth-order valence-electron chi connectivity index (χ4n) is 2.13. The zero-order valence-electron chi connectivity index (χ0n) is 14.3. The molecule has 0 radical (unpaired) electrons. The molecule has 0 saturated carbocycles. The van der Waals surface area contributed by atoms with Crippen molar-refractivity contribution < 1.29 is 14.3 Å². The summed E-state index contributed by atoms with van der Waals surface area (Å²) in [5, 5.41) is 3.34. The molecule has 134 valence electrons. The Morgan fingerprint density at radius 2 is 1.92 bits per heavy atom. The predicted octanol–water partition coefficient (Wildman–Crippen LogP) is 4.32. The minimum atomic E-state index is -0.619. The Morgan fingerprint density at radius 3 is 2.54 bits per heavy atom. The Morgan fingerprint density at radius 1 is 1.21 bits per heavy atom. The van der Waals surface area contributed by atoms with Gasteiger partial charge in [0, 0.05) is 10.6 Å². The van der Waals surface area contributed by atoms with Crippen molar-refractivity contribution in [3.63, 3.8) is 0 Å². The van der Waals surface area contributed by atoms with Crippen LogP contribution < -0.4 is 5.32 Å². The molecular formula is C18H26ClNO3S. The number of rotatable bonds is 11. The van der Waals surface area contributed by atoms with Crippen LogP contribution in [0.1, 0.15) is 49.4 Å². The van der Waals surface area contributed by atoms with Gasteiger partial charge in [0.25, 0.3) is 5.91 Å². The van der Waals surface area contributed by atoms with Crippen molar-refractivity contribution >= 4 is 35.2 Å². The Bertz CT molecular complexity index is 507. The molecule has 0 heterocycles. The van der Waals surface area contributed by atoms with E-state index in [2.05, 4.69) is 12.2 Å². The van der Waals surface area contributed by atoms with Crippen molar-refractivity contribution in [3.8, 4) is 0 Å². The molecule has 0 fully saturated rings. The number of esters is 1. The predicted molar refractivity (Wildman–Crippen MR) is 101 cm³/mol. The van der Waals surface area contributed by atoms with Gasteiger partial charge in [-0.2, -0.15) is 11.8 Å². The maximum Gasteiger partial charge on any atom is 0.328 e. The highest BCUT2D eigenvalue weighted by Crippen LogP contribution is 2.11. The third kappa shape index (κ3) is 8.06. The van der Waals surface area contributed by atoms with Gasteiger partial charge < -0.3 is 10.1 Å². The van der Waals surface area contributed by atoms with Crippen molar-refractivity contribution in [3.05, 3.63) is 34.9 Å². The number of benzene rings is 1. The highest BCUT2D eigenvalue weighted by Gasteiger charge is 2.22. The quantitative estimate of drug-likeness (QED) is 0.465. The molecule has 0 bridgehead atoms. The number of hydrogen-bond donors (Lipinski definition) is 1. The van der Waals surface area contributed by atoms with Crippen LogP contribution in [0.3, 0.4) is 0 Å². The number of unbranched alkanes of at least 4 members (excludes halogenated alkanes) is 3. The summed E-state index contributed by atoms with van der Waals surface area (Å²) in [7, 11) is 0. The van der Waals surface area contributed by atoms with Crippen molar-refractivity contribution in [2.24, 2.45) is 0 Å². The van der Waals surface area contributed by atoms with Gasteiger partial charge in [-0.05, 0) is 49.1 Å². The molecule has 0 aromatic heterocycles. The van der Waals surface area contributed by atoms with Gasteiger partial charge in [-0.25, -0.2) is 4.79 Å². The number of ether oxygens (including phenoxy) is 1. The molecule has 1 aromatic rings. The lowest BCUT2D eigenvalue weighted by Crippen LogP contribution is -2.42. The zero-order valence-corrected chi connectivity index (χ0v) is 15.9. The van der Waals surface area contributed by atoms with Gasteiger partial charge in [0.15, 0.2) is 0 Å². The van der Waals surface area contributed by atoms with E-state index in [9.17, 15) is 9.59 Å². The van der Waals surface area contributed by atoms with Crippen LogP contribution in [0.25, 0.3) is 0 Å². The zero-order chi connectivity index (χ0) is 17.8. The van der Waals surface area contributed by atoms with Crippen LogP contribution in [0.4, 0.5) is 0 Å². The van der Waals surface area contributed by atoms with E-state index in [1.54, 1.807) is 36.0 Å². The molecule has 0 aliphatic carbocycles. The average Bonchev–Trinajstić information content (AvgIpc) is 2.58. The van der Waals surface area contributed by atoms with E-state index in [1.165, 1.54) is 0 Å². The van der Waals surface area contributed by atoms with Crippen LogP contribution in [-0.4, -0.2) is 36.5 Å². The Labute approximate surface area is 153 Å². The van der Waals surface area contributed by atoms with Crippen molar-refractivity contribution in [1.29, 1.82) is 0 Å². The van der Waals surface area contributed by atoms with E-state index < -0.39 is 6.04 Å². The maximum atomic E-state index is 12.3. The topological polar surface area (TPSA) is 55.4 Å². The summed E-state index contributed by atoms with van der Waals surface area (Å²) in [6, 6.07) is 5.96. The third-order valence-corrected chi connectivity index (χ3v) is 4.45. The highest BCUT2D eigenvalue weighted by atomic mass is 35.5. The van der Waals surface area contributed by atoms with Gasteiger partial charge >= 0.3 is 5.97 Å². The molecule has 1 N–H and O–H groups in total. The number of thioether (sulfide) groups is 1. The first kappa shape index (κ1) is 20.8. The van der Waals surface area contributed by atoms with E-state index in [1.807, 2.05) is 6.26 Å². The van der Waals surface area contributed by atoms with Gasteiger partial charge in [0.2, 0.25) is 0 Å². The van der Waals surface area contributed by atoms with Crippen LogP contribution in [-0.2, 0) is 9.53 Å². The molecule has 1 amide bonds. The van der Waals surface area contributed by atoms with Crippen LogP contribution in [0.15, 0.2) is 24.3 Å². The summed E-state index contributed by atoms with van der Waals surface area (Å²) in [5.41, 5.74) is 0.476. The molecule has 1 atom stereocenters. The van der Waals surface area contributed by atoms with Gasteiger partial charge in [-0.1, -0.05) is 37.8 Å². The highest BCUT2D eigenvalue weighted by molar-refractivity contribution is 7.98. The molecule has 0 unspecified atom stereocenters. The number of carbonyl (C=O) groups excluding carboxylic acids is 2. The molecule has 0 spiro atoms. The summed E-state index contributed by atoms with van der Waals surface area (Å²) in [6.45, 7) is 2.54. The standard InChI is InChI=1S/C18H26ClNO3S/c1-3-4-5-6-12-23-18(22)16(11-13-24-2)20-17(21)14-7-9-15(19)10-8-14/h7-10,16H,3-6,11-13H2,1-2H3,(H,20,21)/t16-/m0/s1. The summed E-state index contributed by atoms with van der Waals surface area (Å²) >= 11 is 7.46. The minimum absolute atomic E-state index is 0.291. The molecule has 24 heavy (non-hydrogen) atoms. The molecule has 1 aromatic carbocycles. The van der Waals surface area contributed by atoms with Crippen LogP contribution in [0.5, 0.6) is 0 Å². The maximum absolute atomic E-state index is 12.3. The Kier molecular flexibility index (Phi) is 10.6. The van der Waals surface area contributed by atoms with Crippen molar-refractivity contribution in [2.45, 2.75) is 45.1 Å². The van der Waals surface area contributed by atoms with Gasteiger partial charge in [0.05, 0.1) is 6.61 Å². The molecule has 4 nitrogen and oxygen atoms in total. The van der Waals surface area contributed by atoms with Crippen LogP contribution >= 0.6 is 23.4 Å². The minimum Gasteiger partial charge on any atom is -0.464 e. The van der Waals surface area contributed by atoms with E-state index in [4.69, 9.17) is 16.3 Å². The van der Waals surface area contributed by atoms with Gasteiger partial charge in [-0.15, -0.1) is 0 Å². The number of amides is 1. The second-order valence-corrected chi connectivity index (χ2v) is 6.96. The lowest BCUT2D eigenvalue weighted by molar-refractivity contribution is -0.146. The molecule has 0 saturated heterocycles. The average molecular weight is 372 g/mol. The summed E-state index contributed by atoms with van der Waals surface area (Å²) < 4.78 is 5.32. The Balaban J connectivity index is 2.55. The number of hydrogen-bond acceptors (Lipinski definition) is 4. The summed E-state index contributed by atoms with van der Waals surface area (Å²) in [5.74, 6) is 0.125. The van der Waals surface area contributed by atoms with Gasteiger partial charge in [-0.3, -0.25) is 4.79 Å². The molecule has 6 heteroatoms. The first-order valence-corrected chi connectivity index (χ1v) is 10.1. The monoisotopic (exact) mass is 371 g/mol. The Hall–Kier alpha value is -1.20. The normalized spacial score (nSPS) is 11.8. The van der Waals surface area contributed by atoms with E-state index in [0.29, 0.717) is 23.6 Å². The second-order valence-electron chi connectivity index (χ2n) is 5.54. The SMILES string of the molecule is CCCCCCOC(=O)[C@H](CCSC)NC(=O)c1ccc(Cl)cc1. The molecule has 1 rings (SSSR count).